The highest BCUT2D eigenvalue weighted by molar-refractivity contribution is 5.77. The van der Waals surface area contributed by atoms with Gasteiger partial charge in [-0.3, -0.25) is 4.79 Å². The van der Waals surface area contributed by atoms with Crippen molar-refractivity contribution in [2.45, 2.75) is 38.5 Å². The van der Waals surface area contributed by atoms with Gasteiger partial charge in [0.1, 0.15) is 6.67 Å². The third-order valence-corrected chi connectivity index (χ3v) is 2.90. The largest absolute Gasteiger partial charge is 0.465 e. The van der Waals surface area contributed by atoms with Crippen LogP contribution in [-0.2, 0) is 9.53 Å². The van der Waals surface area contributed by atoms with Gasteiger partial charge in [0.05, 0.1) is 12.0 Å². The molecular weight excluding hydrogens is 209 g/mol. The summed E-state index contributed by atoms with van der Waals surface area (Å²) in [6.45, 7) is 0.847. The van der Waals surface area contributed by atoms with Crippen LogP contribution < -0.4 is 0 Å². The van der Waals surface area contributed by atoms with E-state index in [0.29, 0.717) is 0 Å². The standard InChI is InChI=1S/C10H15F3O2/c1-2-15-8(14)9(7-11)3-5-10(12,13)6-4-9/h2-7H2,1H3. The van der Waals surface area contributed by atoms with Gasteiger partial charge >= 0.3 is 5.97 Å². The molecule has 0 aromatic heterocycles. The fourth-order valence-corrected chi connectivity index (χ4v) is 1.77. The summed E-state index contributed by atoms with van der Waals surface area (Å²) in [5, 5.41) is 0. The molecule has 0 radical (unpaired) electrons. The van der Waals surface area contributed by atoms with E-state index in [9.17, 15) is 18.0 Å². The fourth-order valence-electron chi connectivity index (χ4n) is 1.77. The topological polar surface area (TPSA) is 26.3 Å². The molecule has 0 unspecified atom stereocenters. The van der Waals surface area contributed by atoms with Gasteiger partial charge in [0.25, 0.3) is 0 Å². The Kier molecular flexibility index (Phi) is 3.62. The first-order valence-electron chi connectivity index (χ1n) is 5.07. The second kappa shape index (κ2) is 4.41. The summed E-state index contributed by atoms with van der Waals surface area (Å²) in [4.78, 5) is 11.5. The smallest absolute Gasteiger partial charge is 0.314 e. The van der Waals surface area contributed by atoms with Crippen LogP contribution in [0.1, 0.15) is 32.6 Å². The molecule has 0 heterocycles. The van der Waals surface area contributed by atoms with Gasteiger partial charge in [-0.25, -0.2) is 13.2 Å². The van der Waals surface area contributed by atoms with E-state index in [4.69, 9.17) is 4.74 Å². The van der Waals surface area contributed by atoms with Gasteiger partial charge in [-0.05, 0) is 19.8 Å². The highest BCUT2D eigenvalue weighted by atomic mass is 19.3. The minimum absolute atomic E-state index is 0.130. The lowest BCUT2D eigenvalue weighted by Crippen LogP contribution is -2.41. The first-order valence-corrected chi connectivity index (χ1v) is 5.07. The summed E-state index contributed by atoms with van der Waals surface area (Å²) in [6.07, 6.45) is -1.13. The van der Waals surface area contributed by atoms with Gasteiger partial charge in [-0.1, -0.05) is 0 Å². The van der Waals surface area contributed by atoms with E-state index in [2.05, 4.69) is 0 Å². The Balaban J connectivity index is 2.68. The third-order valence-electron chi connectivity index (χ3n) is 2.90. The first-order chi connectivity index (χ1) is 6.96. The molecule has 0 aromatic rings. The molecule has 0 N–H and O–H groups in total. The lowest BCUT2D eigenvalue weighted by Gasteiger charge is -2.35. The summed E-state index contributed by atoms with van der Waals surface area (Å²) in [5.41, 5.74) is -1.32. The zero-order valence-corrected chi connectivity index (χ0v) is 8.69. The molecule has 0 amide bonds. The van der Waals surface area contributed by atoms with Crippen molar-refractivity contribution in [2.75, 3.05) is 13.3 Å². The number of alkyl halides is 3. The third kappa shape index (κ3) is 2.63. The van der Waals surface area contributed by atoms with Crippen LogP contribution in [0.4, 0.5) is 13.2 Å². The summed E-state index contributed by atoms with van der Waals surface area (Å²) < 4.78 is 43.3. The van der Waals surface area contributed by atoms with Gasteiger partial charge in [0, 0.05) is 12.8 Å². The minimum atomic E-state index is -2.76. The van der Waals surface area contributed by atoms with Crippen molar-refractivity contribution in [1.29, 1.82) is 0 Å². The van der Waals surface area contributed by atoms with Gasteiger partial charge < -0.3 is 4.74 Å². The van der Waals surface area contributed by atoms with E-state index in [0.717, 1.165) is 0 Å². The molecule has 0 aromatic carbocycles. The van der Waals surface area contributed by atoms with E-state index < -0.39 is 36.8 Å². The van der Waals surface area contributed by atoms with Crippen molar-refractivity contribution in [3.63, 3.8) is 0 Å². The highest BCUT2D eigenvalue weighted by Gasteiger charge is 2.48. The van der Waals surface area contributed by atoms with Gasteiger partial charge in [0.2, 0.25) is 5.92 Å². The van der Waals surface area contributed by atoms with E-state index >= 15 is 0 Å². The SMILES string of the molecule is CCOC(=O)C1(CF)CCC(F)(F)CC1. The zero-order chi connectivity index (χ0) is 11.5. The molecule has 0 bridgehead atoms. The average molecular weight is 224 g/mol. The number of hydrogen-bond donors (Lipinski definition) is 0. The number of rotatable bonds is 3. The van der Waals surface area contributed by atoms with Crippen LogP contribution in [0.3, 0.4) is 0 Å². The summed E-state index contributed by atoms with van der Waals surface area (Å²) in [7, 11) is 0. The van der Waals surface area contributed by atoms with Crippen LogP contribution in [0, 0.1) is 5.41 Å². The molecule has 15 heavy (non-hydrogen) atoms. The van der Waals surface area contributed by atoms with Gasteiger partial charge in [-0.2, -0.15) is 0 Å². The van der Waals surface area contributed by atoms with Crippen molar-refractivity contribution in [2.24, 2.45) is 5.41 Å². The Hall–Kier alpha value is -0.740. The second-order valence-electron chi connectivity index (χ2n) is 3.99. The first kappa shape index (κ1) is 12.3. The van der Waals surface area contributed by atoms with Crippen molar-refractivity contribution >= 4 is 5.97 Å². The van der Waals surface area contributed by atoms with Gasteiger partial charge in [-0.15, -0.1) is 0 Å². The van der Waals surface area contributed by atoms with Crippen LogP contribution in [0.5, 0.6) is 0 Å². The number of hydrogen-bond acceptors (Lipinski definition) is 2. The minimum Gasteiger partial charge on any atom is -0.465 e. The number of carbonyl (C=O) groups excluding carboxylic acids is 1. The number of ether oxygens (including phenoxy) is 1. The molecule has 1 rings (SSSR count). The van der Waals surface area contributed by atoms with E-state index in [1.165, 1.54) is 0 Å². The molecule has 1 saturated carbocycles. The lowest BCUT2D eigenvalue weighted by molar-refractivity contribution is -0.164. The lowest BCUT2D eigenvalue weighted by atomic mass is 9.73. The maximum Gasteiger partial charge on any atom is 0.314 e. The Bertz CT molecular complexity index is 231. The summed E-state index contributed by atoms with van der Waals surface area (Å²) >= 11 is 0. The normalized spacial score (nSPS) is 23.5. The van der Waals surface area contributed by atoms with Crippen molar-refractivity contribution < 1.29 is 22.7 Å². The predicted molar refractivity (Wildman–Crippen MR) is 48.5 cm³/mol. The molecule has 1 fully saturated rings. The average Bonchev–Trinajstić information content (AvgIpc) is 2.19. The Morgan fingerprint density at radius 2 is 1.80 bits per heavy atom. The molecule has 1 aliphatic carbocycles. The molecule has 0 saturated heterocycles. The van der Waals surface area contributed by atoms with E-state index in [1.54, 1.807) is 6.92 Å². The maximum atomic E-state index is 12.9. The summed E-state index contributed by atoms with van der Waals surface area (Å²) in [5.74, 6) is -3.44. The van der Waals surface area contributed by atoms with Crippen LogP contribution in [0.15, 0.2) is 0 Å². The predicted octanol–water partition coefficient (Wildman–Crippen LogP) is 2.71. The van der Waals surface area contributed by atoms with Gasteiger partial charge in [0.15, 0.2) is 0 Å². The van der Waals surface area contributed by atoms with Crippen molar-refractivity contribution in [1.82, 2.24) is 0 Å². The molecular formula is C10H15F3O2. The van der Waals surface area contributed by atoms with Crippen molar-refractivity contribution in [3.8, 4) is 0 Å². The zero-order valence-electron chi connectivity index (χ0n) is 8.69. The second-order valence-corrected chi connectivity index (χ2v) is 3.99. The van der Waals surface area contributed by atoms with E-state index in [-0.39, 0.29) is 19.4 Å². The van der Waals surface area contributed by atoms with Crippen LogP contribution in [0.2, 0.25) is 0 Å². The molecule has 0 aliphatic heterocycles. The maximum absolute atomic E-state index is 12.9. The molecule has 2 nitrogen and oxygen atoms in total. The fraction of sp³-hybridized carbons (Fsp3) is 0.900. The number of esters is 1. The number of carbonyl (C=O) groups is 1. The van der Waals surface area contributed by atoms with Crippen LogP contribution in [0.25, 0.3) is 0 Å². The van der Waals surface area contributed by atoms with E-state index in [1.807, 2.05) is 0 Å². The quantitative estimate of drug-likeness (QED) is 0.689. The number of halogens is 3. The molecule has 88 valence electrons. The highest BCUT2D eigenvalue weighted by Crippen LogP contribution is 2.44. The van der Waals surface area contributed by atoms with Crippen LogP contribution in [-0.4, -0.2) is 25.2 Å². The Morgan fingerprint density at radius 3 is 2.20 bits per heavy atom. The summed E-state index contributed by atoms with van der Waals surface area (Å²) in [6, 6.07) is 0. The monoisotopic (exact) mass is 224 g/mol. The van der Waals surface area contributed by atoms with Crippen molar-refractivity contribution in [3.05, 3.63) is 0 Å². The Labute approximate surface area is 86.8 Å². The Morgan fingerprint density at radius 1 is 1.27 bits per heavy atom. The molecule has 0 spiro atoms. The molecule has 0 atom stereocenters. The molecule has 5 heteroatoms. The molecule has 1 aliphatic rings. The van der Waals surface area contributed by atoms with Crippen LogP contribution >= 0.6 is 0 Å².